The first-order valence-corrected chi connectivity index (χ1v) is 8.99. The summed E-state index contributed by atoms with van der Waals surface area (Å²) in [7, 11) is 0. The van der Waals surface area contributed by atoms with Crippen molar-refractivity contribution in [3.8, 4) is 0 Å². The number of nitrogens with zero attached hydrogens (tertiary/aromatic N) is 2. The van der Waals surface area contributed by atoms with Crippen LogP contribution in [0.5, 0.6) is 0 Å². The van der Waals surface area contributed by atoms with Crippen LogP contribution in [0.15, 0.2) is 101 Å². The topological polar surface area (TPSA) is 62.0 Å². The van der Waals surface area contributed by atoms with Gasteiger partial charge in [0.25, 0.3) is 0 Å². The summed E-state index contributed by atoms with van der Waals surface area (Å²) in [6, 6.07) is 24.9. The molecule has 3 rings (SSSR count). The first-order valence-electron chi connectivity index (χ1n) is 7.91. The molecule has 0 aliphatic rings. The van der Waals surface area contributed by atoms with E-state index in [1.165, 1.54) is 0 Å². The van der Waals surface area contributed by atoms with Gasteiger partial charge in [-0.2, -0.15) is 5.11 Å². The predicted molar refractivity (Wildman–Crippen MR) is 110 cm³/mol. The summed E-state index contributed by atoms with van der Waals surface area (Å²) in [6.07, 6.45) is 0. The Morgan fingerprint density at radius 1 is 0.769 bits per heavy atom. The number of halogens is 1. The quantitative estimate of drug-likeness (QED) is 0.164. The van der Waals surface area contributed by atoms with Crippen LogP contribution in [0, 0.1) is 3.57 Å². The zero-order chi connectivity index (χ0) is 18.4. The summed E-state index contributed by atoms with van der Waals surface area (Å²) < 4.78 is 1.07. The van der Waals surface area contributed by atoms with Crippen LogP contribution in [0.1, 0.15) is 15.9 Å². The molecule has 0 fully saturated rings. The maximum absolute atomic E-state index is 12.9. The number of azo groups is 1. The normalized spacial score (nSPS) is 12.0. The number of Topliss-reactive ketones (excluding diaryl/α,β-unsaturated/α-hetero) is 1. The minimum absolute atomic E-state index is 0.0963. The second-order valence-corrected chi connectivity index (χ2v) is 6.68. The van der Waals surface area contributed by atoms with Gasteiger partial charge in [0.1, 0.15) is 0 Å². The molecule has 0 atom stereocenters. The highest BCUT2D eigenvalue weighted by Crippen LogP contribution is 2.23. The Balaban J connectivity index is 2.04. The molecule has 0 saturated carbocycles. The standard InChI is InChI=1S/C21H15IN2O2/c22-17-11-13-18(14-12-17)23-24-19(20(25)15-7-3-1-4-8-15)21(26)16-9-5-2-6-10-16/h1-14,25H/b20-19+,24-23?. The van der Waals surface area contributed by atoms with Gasteiger partial charge in [-0.15, -0.1) is 5.11 Å². The molecule has 3 aromatic rings. The van der Waals surface area contributed by atoms with Crippen LogP contribution >= 0.6 is 22.6 Å². The van der Waals surface area contributed by atoms with E-state index in [0.29, 0.717) is 16.8 Å². The summed E-state index contributed by atoms with van der Waals surface area (Å²) in [4.78, 5) is 12.9. The molecule has 0 unspecified atom stereocenters. The van der Waals surface area contributed by atoms with Crippen LogP contribution in [0.25, 0.3) is 5.76 Å². The lowest BCUT2D eigenvalue weighted by molar-refractivity contribution is 0.103. The third kappa shape index (κ3) is 4.43. The summed E-state index contributed by atoms with van der Waals surface area (Å²) in [5, 5.41) is 18.8. The molecule has 0 aliphatic heterocycles. The molecule has 26 heavy (non-hydrogen) atoms. The molecule has 5 heteroatoms. The SMILES string of the molecule is O=C(/C(N=Nc1ccc(I)cc1)=C(\O)c1ccccc1)c1ccccc1. The van der Waals surface area contributed by atoms with E-state index < -0.39 is 0 Å². The van der Waals surface area contributed by atoms with Gasteiger partial charge >= 0.3 is 0 Å². The molecule has 128 valence electrons. The van der Waals surface area contributed by atoms with Gasteiger partial charge in [-0.1, -0.05) is 60.7 Å². The van der Waals surface area contributed by atoms with E-state index in [-0.39, 0.29) is 17.2 Å². The van der Waals surface area contributed by atoms with Gasteiger partial charge < -0.3 is 5.11 Å². The third-order valence-corrected chi connectivity index (χ3v) is 4.33. The van der Waals surface area contributed by atoms with Crippen molar-refractivity contribution in [3.05, 3.63) is 105 Å². The van der Waals surface area contributed by atoms with Gasteiger partial charge in [-0.05, 0) is 46.9 Å². The highest BCUT2D eigenvalue weighted by molar-refractivity contribution is 14.1. The number of allylic oxidation sites excluding steroid dienone is 1. The summed E-state index contributed by atoms with van der Waals surface area (Å²) in [5.41, 5.74) is 1.45. The number of rotatable bonds is 5. The van der Waals surface area contributed by atoms with Gasteiger partial charge in [0.15, 0.2) is 11.5 Å². The van der Waals surface area contributed by atoms with E-state index in [1.54, 1.807) is 60.7 Å². The zero-order valence-electron chi connectivity index (χ0n) is 13.7. The van der Waals surface area contributed by atoms with Crippen molar-refractivity contribution >= 4 is 39.8 Å². The second kappa shape index (κ2) is 8.53. The molecule has 3 aromatic carbocycles. The Kier molecular flexibility index (Phi) is 5.91. The molecule has 1 N–H and O–H groups in total. The fourth-order valence-corrected chi connectivity index (χ4v) is 2.63. The summed E-state index contributed by atoms with van der Waals surface area (Å²) in [6.45, 7) is 0. The van der Waals surface area contributed by atoms with Crippen LogP contribution < -0.4 is 0 Å². The van der Waals surface area contributed by atoms with Crippen molar-refractivity contribution in [1.82, 2.24) is 0 Å². The fourth-order valence-electron chi connectivity index (χ4n) is 2.27. The Morgan fingerprint density at radius 2 is 1.31 bits per heavy atom. The highest BCUT2D eigenvalue weighted by Gasteiger charge is 2.18. The lowest BCUT2D eigenvalue weighted by atomic mass is 10.1. The molecule has 0 spiro atoms. The molecule has 0 amide bonds. The van der Waals surface area contributed by atoms with Crippen LogP contribution in [-0.4, -0.2) is 10.9 Å². The van der Waals surface area contributed by atoms with Gasteiger partial charge in [0.05, 0.1) is 5.69 Å². The Labute approximate surface area is 165 Å². The lowest BCUT2D eigenvalue weighted by Crippen LogP contribution is -2.04. The summed E-state index contributed by atoms with van der Waals surface area (Å²) in [5.74, 6) is -0.588. The third-order valence-electron chi connectivity index (χ3n) is 3.61. The van der Waals surface area contributed by atoms with E-state index in [9.17, 15) is 9.90 Å². The lowest BCUT2D eigenvalue weighted by Gasteiger charge is -2.06. The molecular weight excluding hydrogens is 439 g/mol. The molecule has 0 bridgehead atoms. The molecule has 0 radical (unpaired) electrons. The van der Waals surface area contributed by atoms with Crippen LogP contribution in [0.2, 0.25) is 0 Å². The van der Waals surface area contributed by atoms with Crippen molar-refractivity contribution in [1.29, 1.82) is 0 Å². The monoisotopic (exact) mass is 454 g/mol. The first-order chi connectivity index (χ1) is 12.6. The Hall–Kier alpha value is -2.80. The number of aliphatic hydroxyl groups excluding tert-OH is 1. The van der Waals surface area contributed by atoms with Gasteiger partial charge in [-0.3, -0.25) is 4.79 Å². The molecule has 0 aliphatic carbocycles. The van der Waals surface area contributed by atoms with Crippen molar-refractivity contribution in [2.45, 2.75) is 0 Å². The summed E-state index contributed by atoms with van der Waals surface area (Å²) >= 11 is 2.20. The number of carbonyl (C=O) groups is 1. The number of aliphatic hydroxyl groups is 1. The van der Waals surface area contributed by atoms with Gasteiger partial charge in [-0.25, -0.2) is 0 Å². The number of hydrogen-bond acceptors (Lipinski definition) is 4. The highest BCUT2D eigenvalue weighted by atomic mass is 127. The minimum Gasteiger partial charge on any atom is -0.505 e. The maximum atomic E-state index is 12.9. The van der Waals surface area contributed by atoms with Gasteiger partial charge in [0.2, 0.25) is 5.78 Å². The van der Waals surface area contributed by atoms with Crippen molar-refractivity contribution in [3.63, 3.8) is 0 Å². The number of ketones is 1. The van der Waals surface area contributed by atoms with Gasteiger partial charge in [0, 0.05) is 14.7 Å². The number of benzene rings is 3. The van der Waals surface area contributed by atoms with Crippen molar-refractivity contribution in [2.75, 3.05) is 0 Å². The first kappa shape index (κ1) is 18.0. The molecule has 0 heterocycles. The van der Waals surface area contributed by atoms with E-state index in [0.717, 1.165) is 3.57 Å². The molecular formula is C21H15IN2O2. The number of hydrogen-bond donors (Lipinski definition) is 1. The predicted octanol–water partition coefficient (Wildman–Crippen LogP) is 6.18. The van der Waals surface area contributed by atoms with Crippen LogP contribution in [0.4, 0.5) is 5.69 Å². The van der Waals surface area contributed by atoms with Crippen molar-refractivity contribution < 1.29 is 9.90 Å². The average Bonchev–Trinajstić information content (AvgIpc) is 2.70. The van der Waals surface area contributed by atoms with Crippen LogP contribution in [0.3, 0.4) is 0 Å². The molecule has 0 aromatic heterocycles. The Bertz CT molecular complexity index is 950. The van der Waals surface area contributed by atoms with E-state index in [1.807, 2.05) is 24.3 Å². The van der Waals surface area contributed by atoms with E-state index in [2.05, 4.69) is 32.8 Å². The average molecular weight is 454 g/mol. The van der Waals surface area contributed by atoms with Crippen molar-refractivity contribution in [2.24, 2.45) is 10.2 Å². The maximum Gasteiger partial charge on any atom is 0.217 e. The largest absolute Gasteiger partial charge is 0.505 e. The zero-order valence-corrected chi connectivity index (χ0v) is 15.9. The van der Waals surface area contributed by atoms with E-state index >= 15 is 0 Å². The molecule has 4 nitrogen and oxygen atoms in total. The Morgan fingerprint density at radius 3 is 1.88 bits per heavy atom. The second-order valence-electron chi connectivity index (χ2n) is 5.43. The van der Waals surface area contributed by atoms with Crippen LogP contribution in [-0.2, 0) is 0 Å². The fraction of sp³-hybridized carbons (Fsp3) is 0. The minimum atomic E-state index is -0.388. The number of carbonyl (C=O) groups excluding carboxylic acids is 1. The molecule has 0 saturated heterocycles. The smallest absolute Gasteiger partial charge is 0.217 e. The van der Waals surface area contributed by atoms with E-state index in [4.69, 9.17) is 0 Å².